The number of carbonyl (C=O) groups excluding carboxylic acids is 1. The molecule has 1 aliphatic rings. The molecule has 0 spiro atoms. The highest BCUT2D eigenvalue weighted by Gasteiger charge is 2.37. The van der Waals surface area contributed by atoms with Crippen LogP contribution in [-0.4, -0.2) is 43.3 Å². The van der Waals surface area contributed by atoms with Crippen LogP contribution in [0.15, 0.2) is 60.0 Å². The van der Waals surface area contributed by atoms with E-state index in [1.54, 1.807) is 24.3 Å². The van der Waals surface area contributed by atoms with Crippen molar-refractivity contribution >= 4 is 17.5 Å². The Bertz CT molecular complexity index is 1110. The minimum atomic E-state index is -4.90. The lowest BCUT2D eigenvalue weighted by molar-refractivity contribution is -0.274. The van der Waals surface area contributed by atoms with Gasteiger partial charge < -0.3 is 30.3 Å². The quantitative estimate of drug-likeness (QED) is 0.289. The van der Waals surface area contributed by atoms with E-state index in [0.717, 1.165) is 12.1 Å². The molecule has 1 aliphatic heterocycles. The number of ether oxygens (including phenoxy) is 2. The normalized spacial score (nSPS) is 15.9. The van der Waals surface area contributed by atoms with Crippen molar-refractivity contribution in [2.45, 2.75) is 38.3 Å². The van der Waals surface area contributed by atoms with Crippen LogP contribution in [0.5, 0.6) is 11.5 Å². The lowest BCUT2D eigenvalue weighted by Gasteiger charge is -2.28. The number of hydrogen-bond donors (Lipinski definition) is 3. The zero-order valence-electron chi connectivity index (χ0n) is 19.3. The predicted molar refractivity (Wildman–Crippen MR) is 122 cm³/mol. The second kappa shape index (κ2) is 11.7. The molecule has 0 radical (unpaired) electrons. The van der Waals surface area contributed by atoms with Crippen molar-refractivity contribution in [3.63, 3.8) is 0 Å². The van der Waals surface area contributed by atoms with Gasteiger partial charge in [0, 0.05) is 37.6 Å². The van der Waals surface area contributed by atoms with Crippen molar-refractivity contribution in [3.8, 4) is 11.5 Å². The zero-order valence-corrected chi connectivity index (χ0v) is 20.1. The molecule has 2 aromatic carbocycles. The van der Waals surface area contributed by atoms with Gasteiger partial charge in [0.15, 0.2) is 0 Å². The molecule has 37 heavy (non-hydrogen) atoms. The number of hydrogen-bond acceptors (Lipinski definition) is 6. The monoisotopic (exact) mass is 552 g/mol. The summed E-state index contributed by atoms with van der Waals surface area (Å²) in [4.78, 5) is 14.5. The molecule has 202 valence electrons. The largest absolute Gasteiger partial charge is 0.573 e. The van der Waals surface area contributed by atoms with E-state index in [4.69, 9.17) is 16.3 Å². The Morgan fingerprint density at radius 2 is 1.76 bits per heavy atom. The first-order valence-corrected chi connectivity index (χ1v) is 11.3. The van der Waals surface area contributed by atoms with Crippen molar-refractivity contribution in [3.05, 3.63) is 70.6 Å². The van der Waals surface area contributed by atoms with Gasteiger partial charge in [-0.05, 0) is 36.2 Å². The first-order chi connectivity index (χ1) is 17.3. The minimum absolute atomic E-state index is 0.00245. The van der Waals surface area contributed by atoms with Crippen LogP contribution in [-0.2, 0) is 11.3 Å². The molecule has 1 atom stereocenters. The van der Waals surface area contributed by atoms with E-state index in [1.807, 2.05) is 0 Å². The SMILES string of the molecule is CNC1=C(C(=O)NCCCC(F)(F)F)N(Cc2ccc(Cl)cc2)C(Oc2cccc(OC(F)(F)F)c2)N1. The van der Waals surface area contributed by atoms with Crippen molar-refractivity contribution in [2.24, 2.45) is 0 Å². The topological polar surface area (TPSA) is 74.9 Å². The summed E-state index contributed by atoms with van der Waals surface area (Å²) in [7, 11) is 1.51. The van der Waals surface area contributed by atoms with Gasteiger partial charge in [-0.15, -0.1) is 13.2 Å². The first kappa shape index (κ1) is 28.1. The summed E-state index contributed by atoms with van der Waals surface area (Å²) in [5.41, 5.74) is 0.742. The highest BCUT2D eigenvalue weighted by molar-refractivity contribution is 6.30. The minimum Gasteiger partial charge on any atom is -0.452 e. The summed E-state index contributed by atoms with van der Waals surface area (Å²) in [5, 5.41) is 8.67. The van der Waals surface area contributed by atoms with Crippen molar-refractivity contribution in [2.75, 3.05) is 13.6 Å². The molecule has 0 bridgehead atoms. The molecule has 14 heteroatoms. The van der Waals surface area contributed by atoms with Gasteiger partial charge in [-0.2, -0.15) is 13.2 Å². The first-order valence-electron chi connectivity index (χ1n) is 10.9. The van der Waals surface area contributed by atoms with Crippen LogP contribution in [0.25, 0.3) is 0 Å². The highest BCUT2D eigenvalue weighted by atomic mass is 35.5. The second-order valence-electron chi connectivity index (χ2n) is 7.84. The number of nitrogens with one attached hydrogen (secondary N) is 3. The fourth-order valence-corrected chi connectivity index (χ4v) is 3.58. The molecule has 1 amide bonds. The average Bonchev–Trinajstić information content (AvgIpc) is 3.13. The van der Waals surface area contributed by atoms with Crippen LogP contribution >= 0.6 is 11.6 Å². The van der Waals surface area contributed by atoms with E-state index < -0.39 is 37.0 Å². The van der Waals surface area contributed by atoms with E-state index >= 15 is 0 Å². The molecule has 2 aromatic rings. The molecule has 0 saturated heterocycles. The van der Waals surface area contributed by atoms with Gasteiger partial charge in [0.05, 0.1) is 0 Å². The summed E-state index contributed by atoms with van der Waals surface area (Å²) in [6, 6.07) is 11.5. The molecule has 1 unspecified atom stereocenters. The van der Waals surface area contributed by atoms with Crippen LogP contribution in [0.3, 0.4) is 0 Å². The van der Waals surface area contributed by atoms with E-state index in [-0.39, 0.29) is 36.8 Å². The standard InChI is InChI=1S/C23H23ClF6N4O3/c1-31-19-18(20(35)32-11-3-10-22(25,26)27)34(13-14-6-8-15(24)9-7-14)21(33-19)36-16-4-2-5-17(12-16)37-23(28,29)30/h2,4-9,12,21,31,33H,3,10-11,13H2,1H3,(H,32,35). The number of rotatable bonds is 10. The fraction of sp³-hybridized carbons (Fsp3) is 0.348. The Kier molecular flexibility index (Phi) is 8.89. The number of halogens is 7. The summed E-state index contributed by atoms with van der Waals surface area (Å²) in [6.45, 7) is -0.139. The molecule has 3 N–H and O–H groups in total. The van der Waals surface area contributed by atoms with Gasteiger partial charge in [-0.1, -0.05) is 29.8 Å². The van der Waals surface area contributed by atoms with Crippen LogP contribution < -0.4 is 25.4 Å². The Labute approximate surface area is 213 Å². The van der Waals surface area contributed by atoms with E-state index in [2.05, 4.69) is 20.7 Å². The number of alkyl halides is 6. The van der Waals surface area contributed by atoms with Crippen LogP contribution in [0, 0.1) is 0 Å². The van der Waals surface area contributed by atoms with Gasteiger partial charge in [0.1, 0.15) is 23.0 Å². The van der Waals surface area contributed by atoms with Crippen LogP contribution in [0.4, 0.5) is 26.3 Å². The maximum absolute atomic E-state index is 13.0. The lowest BCUT2D eigenvalue weighted by atomic mass is 10.2. The number of nitrogens with zero attached hydrogens (tertiary/aromatic N) is 1. The summed E-state index contributed by atoms with van der Waals surface area (Å²) >= 11 is 5.95. The molecular formula is C23H23ClF6N4O3. The van der Waals surface area contributed by atoms with Crippen molar-refractivity contribution < 1.29 is 40.6 Å². The summed E-state index contributed by atoms with van der Waals surface area (Å²) < 4.78 is 85.0. The Balaban J connectivity index is 1.83. The van der Waals surface area contributed by atoms with Crippen molar-refractivity contribution in [1.82, 2.24) is 20.9 Å². The van der Waals surface area contributed by atoms with Crippen LogP contribution in [0.2, 0.25) is 5.02 Å². The smallest absolute Gasteiger partial charge is 0.452 e. The highest BCUT2D eigenvalue weighted by Crippen LogP contribution is 2.29. The number of benzene rings is 2. The van der Waals surface area contributed by atoms with Crippen LogP contribution in [0.1, 0.15) is 18.4 Å². The maximum Gasteiger partial charge on any atom is 0.573 e. The summed E-state index contributed by atoms with van der Waals surface area (Å²) in [5.74, 6) is -0.970. The molecule has 0 aromatic heterocycles. The average molecular weight is 553 g/mol. The van der Waals surface area contributed by atoms with Gasteiger partial charge in [0.25, 0.3) is 12.3 Å². The number of carbonyl (C=O) groups is 1. The molecule has 1 heterocycles. The van der Waals surface area contributed by atoms with Crippen molar-refractivity contribution in [1.29, 1.82) is 0 Å². The van der Waals surface area contributed by atoms with Gasteiger partial charge >= 0.3 is 12.5 Å². The zero-order chi connectivity index (χ0) is 27.2. The van der Waals surface area contributed by atoms with E-state index in [9.17, 15) is 31.1 Å². The fourth-order valence-electron chi connectivity index (χ4n) is 3.45. The molecule has 7 nitrogen and oxygen atoms in total. The Morgan fingerprint density at radius 1 is 1.08 bits per heavy atom. The van der Waals surface area contributed by atoms with E-state index in [0.29, 0.717) is 10.6 Å². The van der Waals surface area contributed by atoms with Gasteiger partial charge in [0.2, 0.25) is 0 Å². The van der Waals surface area contributed by atoms with E-state index in [1.165, 1.54) is 24.1 Å². The Morgan fingerprint density at radius 3 is 2.38 bits per heavy atom. The molecule has 0 saturated carbocycles. The maximum atomic E-state index is 13.0. The lowest BCUT2D eigenvalue weighted by Crippen LogP contribution is -2.44. The molecular weight excluding hydrogens is 530 g/mol. The van der Waals surface area contributed by atoms with Gasteiger partial charge in [-0.25, -0.2) is 0 Å². The summed E-state index contributed by atoms with van der Waals surface area (Å²) in [6.07, 6.45) is -11.7. The van der Waals surface area contributed by atoms with Gasteiger partial charge in [-0.3, -0.25) is 4.79 Å². The predicted octanol–water partition coefficient (Wildman–Crippen LogP) is 4.85. The third-order valence-electron chi connectivity index (χ3n) is 5.02. The Hall–Kier alpha value is -3.48. The third kappa shape index (κ3) is 8.55. The number of amides is 1. The molecule has 0 fully saturated rings. The second-order valence-corrected chi connectivity index (χ2v) is 8.28. The molecule has 0 aliphatic carbocycles. The third-order valence-corrected chi connectivity index (χ3v) is 5.27. The molecule has 3 rings (SSSR count).